The Morgan fingerprint density at radius 1 is 1.35 bits per heavy atom. The highest BCUT2D eigenvalue weighted by atomic mass is 79.9. The highest BCUT2D eigenvalue weighted by molar-refractivity contribution is 9.10. The average Bonchev–Trinajstić information content (AvgIpc) is 2.32. The van der Waals surface area contributed by atoms with Gasteiger partial charge in [0.05, 0.1) is 16.6 Å². The molecule has 0 heterocycles. The molecule has 0 saturated carbocycles. The molecule has 0 bridgehead atoms. The van der Waals surface area contributed by atoms with Gasteiger partial charge in [0.1, 0.15) is 0 Å². The van der Waals surface area contributed by atoms with Gasteiger partial charge in [-0.3, -0.25) is 0 Å². The Labute approximate surface area is 109 Å². The summed E-state index contributed by atoms with van der Waals surface area (Å²) in [7, 11) is 1.65. The second-order valence-electron chi connectivity index (χ2n) is 3.54. The van der Waals surface area contributed by atoms with Gasteiger partial charge in [-0.25, -0.2) is 4.79 Å². The number of carbonyl (C=O) groups excluding carboxylic acids is 1. The maximum atomic E-state index is 11.7. The molecule has 4 nitrogen and oxygen atoms in total. The monoisotopic (exact) mass is 301 g/mol. The molecular formula is C12H16BrNO3. The third kappa shape index (κ3) is 4.36. The van der Waals surface area contributed by atoms with Crippen molar-refractivity contribution in [3.05, 3.63) is 28.2 Å². The topological polar surface area (TPSA) is 61.5 Å². The van der Waals surface area contributed by atoms with E-state index in [0.717, 1.165) is 12.8 Å². The number of nitrogen functional groups attached to an aromatic ring is 1. The van der Waals surface area contributed by atoms with E-state index >= 15 is 0 Å². The lowest BCUT2D eigenvalue weighted by Crippen LogP contribution is -2.08. The molecule has 1 aromatic carbocycles. The van der Waals surface area contributed by atoms with Crippen LogP contribution >= 0.6 is 15.9 Å². The van der Waals surface area contributed by atoms with Gasteiger partial charge < -0.3 is 15.2 Å². The largest absolute Gasteiger partial charge is 0.462 e. The number of methoxy groups -OCH3 is 1. The molecule has 0 saturated heterocycles. The highest BCUT2D eigenvalue weighted by Crippen LogP contribution is 2.24. The first-order chi connectivity index (χ1) is 8.16. The number of nitrogens with two attached hydrogens (primary N) is 1. The lowest BCUT2D eigenvalue weighted by Gasteiger charge is -2.07. The first-order valence-corrected chi connectivity index (χ1v) is 6.16. The van der Waals surface area contributed by atoms with Crippen molar-refractivity contribution in [2.24, 2.45) is 0 Å². The van der Waals surface area contributed by atoms with Crippen LogP contribution in [0.1, 0.15) is 23.2 Å². The standard InChI is InChI=1S/C12H16BrNO3/c1-16-7-2-3-8-17-12(15)9-5-4-6-10(14)11(9)13/h4-6H,2-3,7-8,14H2,1H3. The summed E-state index contributed by atoms with van der Waals surface area (Å²) in [4.78, 5) is 11.7. The van der Waals surface area contributed by atoms with E-state index in [2.05, 4.69) is 15.9 Å². The molecule has 17 heavy (non-hydrogen) atoms. The lowest BCUT2D eigenvalue weighted by molar-refractivity contribution is 0.0488. The summed E-state index contributed by atoms with van der Waals surface area (Å²) in [5.41, 5.74) is 6.66. The van der Waals surface area contributed by atoms with Gasteiger partial charge in [0.25, 0.3) is 0 Å². The van der Waals surface area contributed by atoms with Crippen molar-refractivity contribution in [2.45, 2.75) is 12.8 Å². The van der Waals surface area contributed by atoms with Crippen molar-refractivity contribution >= 4 is 27.6 Å². The fraction of sp³-hybridized carbons (Fsp3) is 0.417. The first-order valence-electron chi connectivity index (χ1n) is 5.37. The highest BCUT2D eigenvalue weighted by Gasteiger charge is 2.12. The van der Waals surface area contributed by atoms with Crippen LogP contribution in [0.5, 0.6) is 0 Å². The van der Waals surface area contributed by atoms with Crippen LogP contribution in [-0.4, -0.2) is 26.3 Å². The predicted molar refractivity (Wildman–Crippen MR) is 69.9 cm³/mol. The summed E-state index contributed by atoms with van der Waals surface area (Å²) in [6, 6.07) is 5.12. The van der Waals surface area contributed by atoms with Gasteiger partial charge >= 0.3 is 5.97 Å². The molecule has 0 atom stereocenters. The van der Waals surface area contributed by atoms with Crippen LogP contribution in [0.25, 0.3) is 0 Å². The van der Waals surface area contributed by atoms with E-state index in [4.69, 9.17) is 15.2 Å². The van der Waals surface area contributed by atoms with Gasteiger partial charge in [-0.05, 0) is 40.9 Å². The summed E-state index contributed by atoms with van der Waals surface area (Å²) >= 11 is 3.27. The predicted octanol–water partition coefficient (Wildman–Crippen LogP) is 2.61. The SMILES string of the molecule is COCCCCOC(=O)c1cccc(N)c1Br. The number of ether oxygens (including phenoxy) is 2. The minimum atomic E-state index is -0.360. The van der Waals surface area contributed by atoms with E-state index in [1.165, 1.54) is 0 Å². The molecule has 0 fully saturated rings. The second kappa shape index (κ2) is 7.29. The molecule has 0 aromatic heterocycles. The van der Waals surface area contributed by atoms with Crippen LogP contribution in [-0.2, 0) is 9.47 Å². The molecule has 5 heteroatoms. The van der Waals surface area contributed by atoms with Gasteiger partial charge in [0, 0.05) is 19.4 Å². The Balaban J connectivity index is 2.44. The molecule has 1 rings (SSSR count). The summed E-state index contributed by atoms with van der Waals surface area (Å²) in [5.74, 6) is -0.360. The molecule has 0 aliphatic carbocycles. The molecule has 1 aromatic rings. The normalized spacial score (nSPS) is 10.2. The molecule has 0 unspecified atom stereocenters. The Bertz CT molecular complexity index is 382. The fourth-order valence-electron chi connectivity index (χ4n) is 1.30. The maximum absolute atomic E-state index is 11.7. The Morgan fingerprint density at radius 2 is 2.06 bits per heavy atom. The van der Waals surface area contributed by atoms with Crippen LogP contribution in [0.4, 0.5) is 5.69 Å². The Kier molecular flexibility index (Phi) is 6.00. The summed E-state index contributed by atoms with van der Waals surface area (Å²) < 4.78 is 10.6. The summed E-state index contributed by atoms with van der Waals surface area (Å²) in [6.45, 7) is 1.07. The van der Waals surface area contributed by atoms with Crippen LogP contribution in [0.2, 0.25) is 0 Å². The van der Waals surface area contributed by atoms with Crippen LogP contribution in [0.15, 0.2) is 22.7 Å². The third-order valence-corrected chi connectivity index (χ3v) is 3.11. The number of benzene rings is 1. The summed E-state index contributed by atoms with van der Waals surface area (Å²) in [5, 5.41) is 0. The average molecular weight is 302 g/mol. The van der Waals surface area contributed by atoms with E-state index in [1.807, 2.05) is 0 Å². The van der Waals surface area contributed by atoms with E-state index in [0.29, 0.717) is 28.9 Å². The minimum Gasteiger partial charge on any atom is -0.462 e. The van der Waals surface area contributed by atoms with Gasteiger partial charge in [0.15, 0.2) is 0 Å². The number of carbonyl (C=O) groups is 1. The molecule has 0 aliphatic rings. The molecule has 94 valence electrons. The van der Waals surface area contributed by atoms with E-state index in [9.17, 15) is 4.79 Å². The summed E-state index contributed by atoms with van der Waals surface area (Å²) in [6.07, 6.45) is 1.67. The van der Waals surface area contributed by atoms with E-state index in [-0.39, 0.29) is 5.97 Å². The van der Waals surface area contributed by atoms with Gasteiger partial charge in [0.2, 0.25) is 0 Å². The van der Waals surface area contributed by atoms with E-state index < -0.39 is 0 Å². The smallest absolute Gasteiger partial charge is 0.339 e. The number of hydrogen-bond donors (Lipinski definition) is 1. The van der Waals surface area contributed by atoms with Crippen molar-refractivity contribution in [3.63, 3.8) is 0 Å². The molecular weight excluding hydrogens is 286 g/mol. The maximum Gasteiger partial charge on any atom is 0.339 e. The third-order valence-electron chi connectivity index (χ3n) is 2.22. The zero-order valence-electron chi connectivity index (χ0n) is 9.74. The van der Waals surface area contributed by atoms with Crippen LogP contribution in [0.3, 0.4) is 0 Å². The van der Waals surface area contributed by atoms with Crippen molar-refractivity contribution < 1.29 is 14.3 Å². The van der Waals surface area contributed by atoms with Crippen molar-refractivity contribution in [3.8, 4) is 0 Å². The van der Waals surface area contributed by atoms with Gasteiger partial charge in [-0.2, -0.15) is 0 Å². The van der Waals surface area contributed by atoms with Crippen LogP contribution in [0, 0.1) is 0 Å². The van der Waals surface area contributed by atoms with Gasteiger partial charge in [-0.15, -0.1) is 0 Å². The quantitative estimate of drug-likeness (QED) is 0.498. The van der Waals surface area contributed by atoms with Crippen LogP contribution < -0.4 is 5.73 Å². The number of anilines is 1. The second-order valence-corrected chi connectivity index (χ2v) is 4.34. The number of rotatable bonds is 6. The lowest BCUT2D eigenvalue weighted by atomic mass is 10.2. The number of halogens is 1. The van der Waals surface area contributed by atoms with Crippen molar-refractivity contribution in [1.82, 2.24) is 0 Å². The molecule has 0 amide bonds. The molecule has 2 N–H and O–H groups in total. The van der Waals surface area contributed by atoms with Crippen molar-refractivity contribution in [1.29, 1.82) is 0 Å². The molecule has 0 aliphatic heterocycles. The molecule has 0 radical (unpaired) electrons. The number of hydrogen-bond acceptors (Lipinski definition) is 4. The Morgan fingerprint density at radius 3 is 2.76 bits per heavy atom. The zero-order chi connectivity index (χ0) is 12.7. The number of unbranched alkanes of at least 4 members (excludes halogenated alkanes) is 1. The Hall–Kier alpha value is -1.07. The van der Waals surface area contributed by atoms with E-state index in [1.54, 1.807) is 25.3 Å². The zero-order valence-corrected chi connectivity index (χ0v) is 11.3. The first kappa shape index (κ1) is 14.0. The minimum absolute atomic E-state index is 0.360. The fourth-order valence-corrected chi connectivity index (χ4v) is 1.72. The van der Waals surface area contributed by atoms with Crippen molar-refractivity contribution in [2.75, 3.05) is 26.1 Å². The molecule has 0 spiro atoms. The number of esters is 1. The van der Waals surface area contributed by atoms with Gasteiger partial charge in [-0.1, -0.05) is 6.07 Å².